The fourth-order valence-corrected chi connectivity index (χ4v) is 3.85. The van der Waals surface area contributed by atoms with Crippen molar-refractivity contribution >= 4 is 22.5 Å². The van der Waals surface area contributed by atoms with Gasteiger partial charge in [-0.05, 0) is 19.2 Å². The third-order valence-corrected chi connectivity index (χ3v) is 5.13. The Morgan fingerprint density at radius 2 is 2.20 bits per heavy atom. The summed E-state index contributed by atoms with van der Waals surface area (Å²) in [5.41, 5.74) is 0.237. The van der Waals surface area contributed by atoms with Crippen LogP contribution in [-0.2, 0) is 0 Å². The molecule has 2 aromatic rings. The van der Waals surface area contributed by atoms with Crippen molar-refractivity contribution in [3.8, 4) is 0 Å². The molecule has 3 aliphatic carbocycles. The van der Waals surface area contributed by atoms with Crippen molar-refractivity contribution in [2.75, 3.05) is 7.05 Å². The van der Waals surface area contributed by atoms with Crippen LogP contribution in [0.1, 0.15) is 31.2 Å². The van der Waals surface area contributed by atoms with Crippen molar-refractivity contribution in [3.05, 3.63) is 29.2 Å². The number of hydrogen-bond donors (Lipinski definition) is 2. The Hall–Kier alpha value is -1.17. The molecule has 3 saturated carbocycles. The van der Waals surface area contributed by atoms with Crippen LogP contribution in [0.3, 0.4) is 0 Å². The van der Waals surface area contributed by atoms with Crippen LogP contribution in [0.4, 0.5) is 4.39 Å². The van der Waals surface area contributed by atoms with E-state index < -0.39 is 11.9 Å². The minimum atomic E-state index is -0.971. The second kappa shape index (κ2) is 3.72. The van der Waals surface area contributed by atoms with Gasteiger partial charge in [0.25, 0.3) is 0 Å². The molecule has 0 radical (unpaired) electrons. The van der Waals surface area contributed by atoms with Gasteiger partial charge < -0.3 is 10.1 Å². The number of aliphatic hydroxyl groups is 1. The van der Waals surface area contributed by atoms with E-state index in [0.29, 0.717) is 30.1 Å². The number of halogens is 2. The van der Waals surface area contributed by atoms with Gasteiger partial charge in [0.05, 0.1) is 11.2 Å². The molecule has 3 fully saturated rings. The number of nitrogens with one attached hydrogen (secondary N) is 1. The fraction of sp³-hybridized carbons (Fsp3) is 0.500. The van der Waals surface area contributed by atoms with Gasteiger partial charge in [0.15, 0.2) is 5.15 Å². The first kappa shape index (κ1) is 12.6. The van der Waals surface area contributed by atoms with Gasteiger partial charge in [0, 0.05) is 36.4 Å². The van der Waals surface area contributed by atoms with Crippen LogP contribution >= 0.6 is 11.6 Å². The lowest BCUT2D eigenvalue weighted by Gasteiger charge is -2.69. The summed E-state index contributed by atoms with van der Waals surface area (Å²) in [5.74, 6) is 0. The second-order valence-corrected chi connectivity index (χ2v) is 6.54. The fourth-order valence-electron chi connectivity index (χ4n) is 3.64. The maximum atomic E-state index is 13.6. The zero-order chi connectivity index (χ0) is 14.1. The first-order chi connectivity index (χ1) is 9.42. The van der Waals surface area contributed by atoms with E-state index in [9.17, 15) is 9.50 Å². The van der Waals surface area contributed by atoms with Crippen LogP contribution in [0.25, 0.3) is 10.9 Å². The van der Waals surface area contributed by atoms with Gasteiger partial charge in [0.1, 0.15) is 11.9 Å². The van der Waals surface area contributed by atoms with Gasteiger partial charge in [-0.3, -0.25) is 4.90 Å². The predicted octanol–water partition coefficient (Wildman–Crippen LogP) is 2.78. The smallest absolute Gasteiger partial charge is 0.153 e. The van der Waals surface area contributed by atoms with E-state index >= 15 is 0 Å². The molecule has 6 heteroatoms. The Kier molecular flexibility index (Phi) is 2.34. The molecule has 1 atom stereocenters. The summed E-state index contributed by atoms with van der Waals surface area (Å²) < 4.78 is 13.6. The number of pyridine rings is 1. The number of alkyl halides is 1. The molecular formula is C14H15ClFN3O. The maximum Gasteiger partial charge on any atom is 0.153 e. The number of aromatic nitrogens is 2. The third kappa shape index (κ3) is 1.51. The second-order valence-electron chi connectivity index (χ2n) is 6.18. The molecule has 2 N–H and O–H groups in total. The molecule has 2 bridgehead atoms. The monoisotopic (exact) mass is 295 g/mol. The minimum absolute atomic E-state index is 0.173. The molecule has 20 heavy (non-hydrogen) atoms. The van der Waals surface area contributed by atoms with Crippen LogP contribution in [0, 0.1) is 0 Å². The Morgan fingerprint density at radius 3 is 2.80 bits per heavy atom. The van der Waals surface area contributed by atoms with Gasteiger partial charge >= 0.3 is 0 Å². The summed E-state index contributed by atoms with van der Waals surface area (Å²) in [5, 5.41) is 11.8. The first-order valence-electron chi connectivity index (χ1n) is 6.66. The minimum Gasteiger partial charge on any atom is -0.373 e. The van der Waals surface area contributed by atoms with E-state index in [2.05, 4.69) is 9.97 Å². The third-order valence-electron chi connectivity index (χ3n) is 4.85. The van der Waals surface area contributed by atoms with Gasteiger partial charge in [-0.1, -0.05) is 11.6 Å². The number of aliphatic hydroxyl groups excluding tert-OH is 1. The van der Waals surface area contributed by atoms with E-state index in [1.165, 1.54) is 0 Å². The van der Waals surface area contributed by atoms with Gasteiger partial charge in [-0.2, -0.15) is 0 Å². The van der Waals surface area contributed by atoms with Crippen LogP contribution in [0.2, 0.25) is 5.15 Å². The van der Waals surface area contributed by atoms with Crippen LogP contribution in [-0.4, -0.2) is 38.2 Å². The van der Waals surface area contributed by atoms with E-state index in [-0.39, 0.29) is 5.54 Å². The van der Waals surface area contributed by atoms with E-state index in [1.54, 1.807) is 6.20 Å². The molecule has 2 heterocycles. The number of fused-ring (bicyclic) bond motifs is 1. The number of nitrogens with zero attached hydrogens (tertiary/aromatic N) is 2. The standard InChI is InChI=1S/C14H15ClFN3O/c1-19(14-5-13(16,6-14)7-14)12(20)9-4-8-2-3-17-11(15)10(8)18-9/h2-4,12,18,20H,5-7H2,1H3. The lowest BCUT2D eigenvalue weighted by Crippen LogP contribution is -2.76. The van der Waals surface area contributed by atoms with Crippen molar-refractivity contribution in [2.45, 2.75) is 36.7 Å². The highest BCUT2D eigenvalue weighted by Crippen LogP contribution is 2.66. The summed E-state index contributed by atoms with van der Waals surface area (Å²) in [6, 6.07) is 3.70. The van der Waals surface area contributed by atoms with Crippen molar-refractivity contribution in [1.29, 1.82) is 0 Å². The molecule has 3 aliphatic rings. The van der Waals surface area contributed by atoms with Crippen molar-refractivity contribution < 1.29 is 9.50 Å². The molecule has 0 spiro atoms. The Labute approximate surface area is 120 Å². The van der Waals surface area contributed by atoms with Gasteiger partial charge in [-0.25, -0.2) is 9.37 Å². The summed E-state index contributed by atoms with van der Waals surface area (Å²) in [7, 11) is 1.84. The van der Waals surface area contributed by atoms with E-state index in [0.717, 1.165) is 10.9 Å². The number of hydrogen-bond acceptors (Lipinski definition) is 3. The Bertz CT molecular complexity index is 681. The predicted molar refractivity (Wildman–Crippen MR) is 74.2 cm³/mol. The average Bonchev–Trinajstić information content (AvgIpc) is 2.77. The Morgan fingerprint density at radius 1 is 1.50 bits per heavy atom. The quantitative estimate of drug-likeness (QED) is 0.676. The largest absolute Gasteiger partial charge is 0.373 e. The molecule has 1 unspecified atom stereocenters. The highest BCUT2D eigenvalue weighted by Gasteiger charge is 2.71. The number of rotatable bonds is 3. The molecule has 106 valence electrons. The average molecular weight is 296 g/mol. The molecule has 0 amide bonds. The summed E-state index contributed by atoms with van der Waals surface area (Å²) >= 11 is 6.02. The summed E-state index contributed by atoms with van der Waals surface area (Å²) in [4.78, 5) is 8.98. The van der Waals surface area contributed by atoms with E-state index in [4.69, 9.17) is 11.6 Å². The molecule has 0 aromatic carbocycles. The van der Waals surface area contributed by atoms with Crippen LogP contribution in [0.5, 0.6) is 0 Å². The molecular weight excluding hydrogens is 281 g/mol. The topological polar surface area (TPSA) is 52.1 Å². The first-order valence-corrected chi connectivity index (χ1v) is 7.03. The molecule has 0 aliphatic heterocycles. The zero-order valence-corrected chi connectivity index (χ0v) is 11.8. The van der Waals surface area contributed by atoms with Crippen LogP contribution in [0.15, 0.2) is 18.3 Å². The SMILES string of the molecule is CN(C(O)c1cc2ccnc(Cl)c2[nH]1)C12CC(F)(C1)C2. The van der Waals surface area contributed by atoms with Gasteiger partial charge in [0.2, 0.25) is 0 Å². The van der Waals surface area contributed by atoms with Gasteiger partial charge in [-0.15, -0.1) is 0 Å². The summed E-state index contributed by atoms with van der Waals surface area (Å²) in [6.45, 7) is 0. The normalized spacial score (nSPS) is 33.0. The highest BCUT2D eigenvalue weighted by atomic mass is 35.5. The van der Waals surface area contributed by atoms with Crippen molar-refractivity contribution in [2.24, 2.45) is 0 Å². The highest BCUT2D eigenvalue weighted by molar-refractivity contribution is 6.33. The molecule has 5 rings (SSSR count). The molecule has 0 saturated heterocycles. The lowest BCUT2D eigenvalue weighted by molar-refractivity contribution is -0.252. The van der Waals surface area contributed by atoms with Crippen molar-refractivity contribution in [3.63, 3.8) is 0 Å². The molecule has 2 aromatic heterocycles. The summed E-state index contributed by atoms with van der Waals surface area (Å²) in [6.07, 6.45) is 2.41. The zero-order valence-electron chi connectivity index (χ0n) is 11.0. The number of H-pyrrole nitrogens is 1. The Balaban J connectivity index is 1.64. The van der Waals surface area contributed by atoms with Crippen LogP contribution < -0.4 is 0 Å². The van der Waals surface area contributed by atoms with Crippen molar-refractivity contribution in [1.82, 2.24) is 14.9 Å². The lowest BCUT2D eigenvalue weighted by atomic mass is 9.46. The van der Waals surface area contributed by atoms with E-state index in [1.807, 2.05) is 24.1 Å². The maximum absolute atomic E-state index is 13.6. The molecule has 4 nitrogen and oxygen atoms in total. The number of aromatic amines is 1.